The van der Waals surface area contributed by atoms with Gasteiger partial charge in [0.1, 0.15) is 11.3 Å². The lowest BCUT2D eigenvalue weighted by atomic mass is 9.97. The average Bonchev–Trinajstić information content (AvgIpc) is 3.13. The molecule has 0 bridgehead atoms. The lowest BCUT2D eigenvalue weighted by Crippen LogP contribution is -2.36. The summed E-state index contributed by atoms with van der Waals surface area (Å²) < 4.78 is 6.06. The minimum Gasteiger partial charge on any atom is -0.459 e. The van der Waals surface area contributed by atoms with Gasteiger partial charge in [0.2, 0.25) is 5.91 Å². The third kappa shape index (κ3) is 3.93. The largest absolute Gasteiger partial charge is 0.459 e. The Morgan fingerprint density at radius 1 is 1.38 bits per heavy atom. The zero-order valence-corrected chi connectivity index (χ0v) is 15.4. The first-order valence-electron chi connectivity index (χ1n) is 8.57. The first-order valence-corrected chi connectivity index (χ1v) is 8.57. The molecule has 24 heavy (non-hydrogen) atoms. The van der Waals surface area contributed by atoms with E-state index in [2.05, 4.69) is 37.5 Å². The summed E-state index contributed by atoms with van der Waals surface area (Å²) in [6, 6.07) is 8.27. The van der Waals surface area contributed by atoms with Crippen LogP contribution < -0.4 is 10.6 Å². The highest BCUT2D eigenvalue weighted by Gasteiger charge is 2.26. The third-order valence-corrected chi connectivity index (χ3v) is 4.74. The molecule has 2 N–H and O–H groups in total. The Balaban J connectivity index is 0.00000208. The maximum absolute atomic E-state index is 12.4. The molecule has 1 aliphatic heterocycles. The van der Waals surface area contributed by atoms with Gasteiger partial charge >= 0.3 is 0 Å². The molecule has 0 spiro atoms. The van der Waals surface area contributed by atoms with Gasteiger partial charge in [0.15, 0.2) is 0 Å². The van der Waals surface area contributed by atoms with Crippen molar-refractivity contribution in [2.75, 3.05) is 6.54 Å². The Kier molecular flexibility index (Phi) is 6.30. The van der Waals surface area contributed by atoms with E-state index in [-0.39, 0.29) is 30.3 Å². The van der Waals surface area contributed by atoms with Gasteiger partial charge in [0.05, 0.1) is 6.04 Å². The van der Waals surface area contributed by atoms with Crippen LogP contribution in [-0.4, -0.2) is 18.5 Å². The van der Waals surface area contributed by atoms with Crippen LogP contribution in [0.1, 0.15) is 50.5 Å². The first-order chi connectivity index (χ1) is 11.1. The molecule has 132 valence electrons. The van der Waals surface area contributed by atoms with Crippen LogP contribution in [-0.2, 0) is 4.79 Å². The number of carbonyl (C=O) groups excluding carboxylic acids is 1. The normalized spacial score (nSPS) is 18.6. The van der Waals surface area contributed by atoms with E-state index in [4.69, 9.17) is 4.42 Å². The summed E-state index contributed by atoms with van der Waals surface area (Å²) in [5.74, 6) is 1.26. The number of hydrogen-bond donors (Lipinski definition) is 2. The van der Waals surface area contributed by atoms with Crippen molar-refractivity contribution in [3.63, 3.8) is 0 Å². The second kappa shape index (κ2) is 8.04. The number of carbonyl (C=O) groups is 1. The maximum atomic E-state index is 12.4. The molecule has 1 fully saturated rings. The second-order valence-corrected chi connectivity index (χ2v) is 6.87. The Morgan fingerprint density at radius 3 is 2.75 bits per heavy atom. The molecule has 2 aromatic rings. The van der Waals surface area contributed by atoms with Gasteiger partial charge in [-0.25, -0.2) is 0 Å². The minimum atomic E-state index is -0.0868. The van der Waals surface area contributed by atoms with E-state index in [1.165, 1.54) is 0 Å². The van der Waals surface area contributed by atoms with Gasteiger partial charge in [-0.05, 0) is 38.3 Å². The standard InChI is InChI=1S/C19H26N2O2.ClH/c1-12(2)18(21-17(22)11-14-7-6-10-20-14)19-13(3)15-8-4-5-9-16(15)23-19;/h4-5,8-9,12,14,18,20H,6-7,10-11H2,1-3H3,(H,21,22);1H. The molecule has 1 aliphatic rings. The molecule has 1 amide bonds. The van der Waals surface area contributed by atoms with Crippen molar-refractivity contribution in [2.24, 2.45) is 5.92 Å². The quantitative estimate of drug-likeness (QED) is 0.852. The SMILES string of the molecule is Cc1c(C(NC(=O)CC2CCCN2)C(C)C)oc2ccccc12.Cl. The van der Waals surface area contributed by atoms with Gasteiger partial charge in [0, 0.05) is 23.4 Å². The molecule has 1 aromatic heterocycles. The van der Waals surface area contributed by atoms with Gasteiger partial charge in [0.25, 0.3) is 0 Å². The van der Waals surface area contributed by atoms with Crippen LogP contribution in [0.15, 0.2) is 28.7 Å². The summed E-state index contributed by atoms with van der Waals surface area (Å²) in [4.78, 5) is 12.4. The molecule has 3 rings (SSSR count). The van der Waals surface area contributed by atoms with E-state index in [1.54, 1.807) is 0 Å². The molecule has 4 nitrogen and oxygen atoms in total. The highest BCUT2D eigenvalue weighted by Crippen LogP contribution is 2.32. The maximum Gasteiger partial charge on any atom is 0.222 e. The molecular weight excluding hydrogens is 324 g/mol. The molecule has 2 unspecified atom stereocenters. The predicted octanol–water partition coefficient (Wildman–Crippen LogP) is 4.12. The van der Waals surface area contributed by atoms with E-state index in [1.807, 2.05) is 18.2 Å². The van der Waals surface area contributed by atoms with Crippen LogP contribution in [0.3, 0.4) is 0 Å². The first kappa shape index (κ1) is 18.8. The summed E-state index contributed by atoms with van der Waals surface area (Å²) in [5, 5.41) is 7.69. The summed E-state index contributed by atoms with van der Waals surface area (Å²) in [6.45, 7) is 7.33. The third-order valence-electron chi connectivity index (χ3n) is 4.74. The smallest absolute Gasteiger partial charge is 0.222 e. The molecule has 2 heterocycles. The summed E-state index contributed by atoms with van der Waals surface area (Å²) in [6.07, 6.45) is 2.79. The Bertz CT molecular complexity index is 690. The Labute approximate surface area is 149 Å². The van der Waals surface area contributed by atoms with Gasteiger partial charge in [-0.3, -0.25) is 4.79 Å². The van der Waals surface area contributed by atoms with Gasteiger partial charge in [-0.15, -0.1) is 12.4 Å². The number of fused-ring (bicyclic) bond motifs is 1. The van der Waals surface area contributed by atoms with E-state index in [0.717, 1.165) is 41.7 Å². The molecule has 2 atom stereocenters. The lowest BCUT2D eigenvalue weighted by Gasteiger charge is -2.22. The van der Waals surface area contributed by atoms with Gasteiger partial charge in [-0.1, -0.05) is 32.0 Å². The van der Waals surface area contributed by atoms with Gasteiger partial charge < -0.3 is 15.1 Å². The fourth-order valence-electron chi connectivity index (χ4n) is 3.41. The summed E-state index contributed by atoms with van der Waals surface area (Å²) >= 11 is 0. The summed E-state index contributed by atoms with van der Waals surface area (Å²) in [7, 11) is 0. The van der Waals surface area contributed by atoms with Crippen LogP contribution in [0.4, 0.5) is 0 Å². The molecule has 0 radical (unpaired) electrons. The number of hydrogen-bond acceptors (Lipinski definition) is 3. The molecule has 5 heteroatoms. The van der Waals surface area contributed by atoms with Crippen molar-refractivity contribution in [2.45, 2.75) is 52.1 Å². The number of aryl methyl sites for hydroxylation is 1. The molecule has 1 saturated heterocycles. The number of furan rings is 1. The zero-order valence-electron chi connectivity index (χ0n) is 14.6. The number of para-hydroxylation sites is 1. The average molecular weight is 351 g/mol. The molecule has 1 aromatic carbocycles. The lowest BCUT2D eigenvalue weighted by molar-refractivity contribution is -0.122. The monoisotopic (exact) mass is 350 g/mol. The Hall–Kier alpha value is -1.52. The van der Waals surface area contributed by atoms with Crippen LogP contribution in [0.25, 0.3) is 11.0 Å². The molecule has 0 aliphatic carbocycles. The van der Waals surface area contributed by atoms with E-state index >= 15 is 0 Å². The number of amides is 1. The van der Waals surface area contributed by atoms with Crippen molar-refractivity contribution in [1.82, 2.24) is 10.6 Å². The van der Waals surface area contributed by atoms with Crippen LogP contribution in [0.2, 0.25) is 0 Å². The fourth-order valence-corrected chi connectivity index (χ4v) is 3.41. The van der Waals surface area contributed by atoms with Crippen molar-refractivity contribution < 1.29 is 9.21 Å². The molecular formula is C19H27ClN2O2. The number of nitrogens with one attached hydrogen (secondary N) is 2. The zero-order chi connectivity index (χ0) is 16.4. The van der Waals surface area contributed by atoms with E-state index < -0.39 is 0 Å². The van der Waals surface area contributed by atoms with Gasteiger partial charge in [-0.2, -0.15) is 0 Å². The fraction of sp³-hybridized carbons (Fsp3) is 0.526. The van der Waals surface area contributed by atoms with Crippen molar-refractivity contribution in [3.8, 4) is 0 Å². The van der Waals surface area contributed by atoms with Crippen molar-refractivity contribution in [3.05, 3.63) is 35.6 Å². The van der Waals surface area contributed by atoms with E-state index in [0.29, 0.717) is 12.5 Å². The highest BCUT2D eigenvalue weighted by molar-refractivity contribution is 5.85. The van der Waals surface area contributed by atoms with Crippen LogP contribution in [0.5, 0.6) is 0 Å². The minimum absolute atomic E-state index is 0. The number of halogens is 1. The van der Waals surface area contributed by atoms with Crippen molar-refractivity contribution >= 4 is 29.3 Å². The van der Waals surface area contributed by atoms with Crippen LogP contribution >= 0.6 is 12.4 Å². The topological polar surface area (TPSA) is 54.3 Å². The summed E-state index contributed by atoms with van der Waals surface area (Å²) in [5.41, 5.74) is 2.01. The highest BCUT2D eigenvalue weighted by atomic mass is 35.5. The Morgan fingerprint density at radius 2 is 2.12 bits per heavy atom. The predicted molar refractivity (Wildman–Crippen MR) is 99.6 cm³/mol. The number of benzene rings is 1. The molecule has 0 saturated carbocycles. The number of rotatable bonds is 5. The van der Waals surface area contributed by atoms with Crippen LogP contribution in [0, 0.1) is 12.8 Å². The second-order valence-electron chi connectivity index (χ2n) is 6.87. The van der Waals surface area contributed by atoms with E-state index in [9.17, 15) is 4.79 Å². The van der Waals surface area contributed by atoms with Crippen molar-refractivity contribution in [1.29, 1.82) is 0 Å².